The molecule has 11 heteroatoms. The van der Waals surface area contributed by atoms with Gasteiger partial charge in [-0.3, -0.25) is 4.79 Å². The summed E-state index contributed by atoms with van der Waals surface area (Å²) in [5, 5.41) is 8.81. The van der Waals surface area contributed by atoms with Crippen molar-refractivity contribution < 1.29 is 36.3 Å². The third-order valence-electron chi connectivity index (χ3n) is 8.12. The molecule has 2 atom stereocenters. The molecule has 2 unspecified atom stereocenters. The molecule has 4 aromatic rings. The number of nitrogens with zero attached hydrogens (tertiary/aromatic N) is 2. The Bertz CT molecular complexity index is 1850. The highest BCUT2D eigenvalue weighted by molar-refractivity contribution is 6.08. The van der Waals surface area contributed by atoms with Gasteiger partial charge in [-0.2, -0.15) is 18.3 Å². The third kappa shape index (κ3) is 7.09. The number of esters is 1. The van der Waals surface area contributed by atoms with Gasteiger partial charge in [0.2, 0.25) is 0 Å². The molecule has 1 fully saturated rings. The lowest BCUT2D eigenvalue weighted by Gasteiger charge is -2.29. The van der Waals surface area contributed by atoms with E-state index in [-0.39, 0.29) is 28.7 Å². The number of rotatable bonds is 7. The summed E-state index contributed by atoms with van der Waals surface area (Å²) in [6.07, 6.45) is -0.429. The zero-order valence-electron chi connectivity index (χ0n) is 24.8. The molecule has 0 bridgehead atoms. The quantitative estimate of drug-likeness (QED) is 0.161. The second-order valence-electron chi connectivity index (χ2n) is 11.3. The van der Waals surface area contributed by atoms with E-state index in [2.05, 4.69) is 5.32 Å². The van der Waals surface area contributed by atoms with Gasteiger partial charge in [0.05, 0.1) is 28.6 Å². The van der Waals surface area contributed by atoms with E-state index >= 15 is 0 Å². The van der Waals surface area contributed by atoms with Crippen LogP contribution in [0.3, 0.4) is 0 Å². The molecule has 4 aromatic carbocycles. The number of allylic oxidation sites excluding steroid dienone is 1. The number of hydrogen-bond donors (Lipinski definition) is 1. The zero-order chi connectivity index (χ0) is 33.1. The number of para-hydroxylation sites is 1. The summed E-state index contributed by atoms with van der Waals surface area (Å²) in [6.45, 7) is -0.672. The van der Waals surface area contributed by atoms with Crippen molar-refractivity contribution in [1.29, 1.82) is 0 Å². The average molecular weight is 646 g/mol. The molecular weight excluding hydrogens is 617 g/mol. The van der Waals surface area contributed by atoms with Crippen LogP contribution in [-0.2, 0) is 15.7 Å². The van der Waals surface area contributed by atoms with Crippen LogP contribution in [0.4, 0.5) is 33.3 Å². The zero-order valence-corrected chi connectivity index (χ0v) is 24.8. The minimum Gasteiger partial charge on any atom is -0.452 e. The van der Waals surface area contributed by atoms with Crippen molar-refractivity contribution in [3.05, 3.63) is 137 Å². The van der Waals surface area contributed by atoms with E-state index in [0.29, 0.717) is 24.1 Å². The van der Waals surface area contributed by atoms with E-state index in [1.807, 2.05) is 6.08 Å². The topological polar surface area (TPSA) is 71.0 Å². The maximum Gasteiger partial charge on any atom is 0.416 e. The van der Waals surface area contributed by atoms with Crippen molar-refractivity contribution in [3.8, 4) is 0 Å². The van der Waals surface area contributed by atoms with Crippen LogP contribution in [0.15, 0.2) is 108 Å². The van der Waals surface area contributed by atoms with Crippen LogP contribution in [0.25, 0.3) is 6.08 Å². The lowest BCUT2D eigenvalue weighted by molar-refractivity contribution is -0.138. The first-order valence-corrected chi connectivity index (χ1v) is 14.9. The Morgan fingerprint density at radius 3 is 2.34 bits per heavy atom. The fourth-order valence-corrected chi connectivity index (χ4v) is 5.93. The normalized spacial score (nSPS) is 18.4. The van der Waals surface area contributed by atoms with Crippen molar-refractivity contribution in [3.63, 3.8) is 0 Å². The Hall–Kier alpha value is -5.32. The van der Waals surface area contributed by atoms with Gasteiger partial charge < -0.3 is 10.1 Å². The molecule has 2 aliphatic rings. The molecule has 1 aliphatic carbocycles. The van der Waals surface area contributed by atoms with E-state index in [1.54, 1.807) is 36.4 Å². The highest BCUT2D eigenvalue weighted by Gasteiger charge is 2.44. The number of amides is 1. The lowest BCUT2D eigenvalue weighted by atomic mass is 9.77. The van der Waals surface area contributed by atoms with Crippen LogP contribution < -0.4 is 5.32 Å². The Morgan fingerprint density at radius 2 is 1.62 bits per heavy atom. The van der Waals surface area contributed by atoms with E-state index in [0.717, 1.165) is 29.7 Å². The van der Waals surface area contributed by atoms with Crippen LogP contribution in [0.2, 0.25) is 0 Å². The van der Waals surface area contributed by atoms with Gasteiger partial charge in [0.1, 0.15) is 11.6 Å². The smallest absolute Gasteiger partial charge is 0.416 e. The number of alkyl halides is 3. The van der Waals surface area contributed by atoms with Gasteiger partial charge in [0, 0.05) is 11.6 Å². The number of fused-ring (bicyclic) bond motifs is 1. The van der Waals surface area contributed by atoms with Gasteiger partial charge in [-0.1, -0.05) is 42.5 Å². The largest absolute Gasteiger partial charge is 0.452 e. The first kappa shape index (κ1) is 31.7. The highest BCUT2D eigenvalue weighted by Crippen LogP contribution is 2.44. The van der Waals surface area contributed by atoms with Crippen molar-refractivity contribution >= 4 is 35.0 Å². The Balaban J connectivity index is 1.23. The first-order chi connectivity index (χ1) is 22.6. The SMILES string of the molecule is O=C(OCC(=O)N1N=C2C(=Cc3ccc(F)cc3)CCCC2C1c1ccc(F)cc1)c1ccccc1Nc1cccc(C(F)(F)F)c1. The van der Waals surface area contributed by atoms with Crippen LogP contribution >= 0.6 is 0 Å². The second-order valence-corrected chi connectivity index (χ2v) is 11.3. The number of anilines is 2. The second kappa shape index (κ2) is 13.2. The van der Waals surface area contributed by atoms with Gasteiger partial charge in [0.15, 0.2) is 6.61 Å². The monoisotopic (exact) mass is 645 g/mol. The Morgan fingerprint density at radius 1 is 0.915 bits per heavy atom. The van der Waals surface area contributed by atoms with E-state index in [1.165, 1.54) is 53.5 Å². The van der Waals surface area contributed by atoms with Crippen molar-refractivity contribution in [2.75, 3.05) is 11.9 Å². The Kier molecular flexibility index (Phi) is 8.88. The van der Waals surface area contributed by atoms with Crippen LogP contribution in [0.1, 0.15) is 52.4 Å². The standard InChI is InChI=1S/C36H28F5N3O3/c37-26-15-11-22(12-16-26)19-24-5-3-9-30-33(24)43-44(34(30)23-13-17-27(38)18-14-23)32(45)21-47-35(46)29-8-1-2-10-31(29)42-28-7-4-6-25(20-28)36(39,40)41/h1-2,4,6-8,10-20,30,34,42H,3,5,9,21H2. The lowest BCUT2D eigenvalue weighted by Crippen LogP contribution is -2.34. The molecule has 1 amide bonds. The summed E-state index contributed by atoms with van der Waals surface area (Å²) in [6, 6.07) is 21.9. The van der Waals surface area contributed by atoms with Crippen LogP contribution in [-0.4, -0.2) is 29.2 Å². The fraction of sp³-hybridized carbons (Fsp3) is 0.194. The molecule has 6 nitrogen and oxygen atoms in total. The molecule has 1 saturated carbocycles. The maximum absolute atomic E-state index is 13.9. The van der Waals surface area contributed by atoms with Crippen LogP contribution in [0.5, 0.6) is 0 Å². The fourth-order valence-electron chi connectivity index (χ4n) is 5.93. The molecule has 240 valence electrons. The summed E-state index contributed by atoms with van der Waals surface area (Å²) < 4.78 is 72.4. The summed E-state index contributed by atoms with van der Waals surface area (Å²) in [5.74, 6) is -2.48. The predicted octanol–water partition coefficient (Wildman–Crippen LogP) is 8.71. The maximum atomic E-state index is 13.9. The van der Waals surface area contributed by atoms with Crippen molar-refractivity contribution in [1.82, 2.24) is 5.01 Å². The molecule has 1 heterocycles. The molecule has 0 saturated heterocycles. The minimum absolute atomic E-state index is 0.0127. The number of nitrogens with one attached hydrogen (secondary N) is 1. The van der Waals surface area contributed by atoms with E-state index < -0.39 is 42.1 Å². The first-order valence-electron chi connectivity index (χ1n) is 14.9. The molecule has 0 radical (unpaired) electrons. The summed E-state index contributed by atoms with van der Waals surface area (Å²) in [7, 11) is 0. The van der Waals surface area contributed by atoms with E-state index in [4.69, 9.17) is 9.84 Å². The number of carbonyl (C=O) groups is 2. The average Bonchev–Trinajstić information content (AvgIpc) is 3.46. The molecule has 1 aliphatic heterocycles. The summed E-state index contributed by atoms with van der Waals surface area (Å²) in [4.78, 5) is 26.9. The van der Waals surface area contributed by atoms with Gasteiger partial charge in [-0.25, -0.2) is 18.6 Å². The number of hydrazone groups is 1. The van der Waals surface area contributed by atoms with Gasteiger partial charge in [-0.15, -0.1) is 0 Å². The molecule has 0 spiro atoms. The molecule has 1 N–H and O–H groups in total. The number of carbonyl (C=O) groups excluding carboxylic acids is 2. The number of benzene rings is 4. The molecule has 6 rings (SSSR count). The predicted molar refractivity (Wildman–Crippen MR) is 167 cm³/mol. The number of hydrogen-bond acceptors (Lipinski definition) is 5. The molecule has 47 heavy (non-hydrogen) atoms. The third-order valence-corrected chi connectivity index (χ3v) is 8.12. The number of ether oxygens (including phenoxy) is 1. The van der Waals surface area contributed by atoms with Crippen molar-refractivity contribution in [2.24, 2.45) is 11.0 Å². The number of halogens is 5. The summed E-state index contributed by atoms with van der Waals surface area (Å²) in [5.41, 5.74) is 2.47. The highest BCUT2D eigenvalue weighted by atomic mass is 19.4. The van der Waals surface area contributed by atoms with Gasteiger partial charge in [-0.05, 0) is 96.6 Å². The van der Waals surface area contributed by atoms with Gasteiger partial charge >= 0.3 is 12.1 Å². The Labute approximate surface area is 267 Å². The van der Waals surface area contributed by atoms with E-state index in [9.17, 15) is 31.5 Å². The van der Waals surface area contributed by atoms with Crippen molar-refractivity contribution in [2.45, 2.75) is 31.5 Å². The molecule has 0 aromatic heterocycles. The summed E-state index contributed by atoms with van der Waals surface area (Å²) >= 11 is 0. The van der Waals surface area contributed by atoms with Gasteiger partial charge in [0.25, 0.3) is 5.91 Å². The minimum atomic E-state index is -4.55. The molecular formula is C36H28F5N3O3. The van der Waals surface area contributed by atoms with Crippen LogP contribution in [0, 0.1) is 17.6 Å².